The number of ether oxygens (including phenoxy) is 1. The molecule has 0 saturated carbocycles. The molecule has 2 rings (SSSR count). The van der Waals surface area contributed by atoms with Crippen molar-refractivity contribution in [2.45, 2.75) is 13.5 Å². The molecule has 0 aliphatic carbocycles. The van der Waals surface area contributed by atoms with Gasteiger partial charge < -0.3 is 10.5 Å². The van der Waals surface area contributed by atoms with Crippen molar-refractivity contribution < 1.29 is 9.53 Å². The highest BCUT2D eigenvalue weighted by molar-refractivity contribution is 6.30. The van der Waals surface area contributed by atoms with Crippen molar-refractivity contribution in [3.8, 4) is 0 Å². The van der Waals surface area contributed by atoms with E-state index in [4.69, 9.17) is 22.1 Å². The van der Waals surface area contributed by atoms with Crippen LogP contribution in [-0.4, -0.2) is 5.97 Å². The van der Waals surface area contributed by atoms with E-state index in [1.165, 1.54) is 0 Å². The Bertz CT molecular complexity index is 611. The normalized spacial score (nSPS) is 10.2. The van der Waals surface area contributed by atoms with E-state index < -0.39 is 0 Å². The number of anilines is 1. The molecule has 0 unspecified atom stereocenters. The first-order valence-corrected chi connectivity index (χ1v) is 6.22. The molecular formula is C15H14ClNO2. The van der Waals surface area contributed by atoms with Gasteiger partial charge in [-0.05, 0) is 42.3 Å². The fourth-order valence-corrected chi connectivity index (χ4v) is 1.94. The second-order valence-electron chi connectivity index (χ2n) is 4.23. The Hall–Kier alpha value is -2.00. The van der Waals surface area contributed by atoms with Crippen molar-refractivity contribution in [2.24, 2.45) is 0 Å². The first-order valence-electron chi connectivity index (χ1n) is 5.84. The van der Waals surface area contributed by atoms with Crippen LogP contribution in [0.15, 0.2) is 42.5 Å². The largest absolute Gasteiger partial charge is 0.457 e. The van der Waals surface area contributed by atoms with Gasteiger partial charge in [0, 0.05) is 10.7 Å². The third-order valence-corrected chi connectivity index (χ3v) is 3.09. The minimum absolute atomic E-state index is 0.188. The number of hydrogen-bond acceptors (Lipinski definition) is 3. The molecule has 0 saturated heterocycles. The molecule has 0 fully saturated rings. The summed E-state index contributed by atoms with van der Waals surface area (Å²) in [5, 5.41) is 0.619. The highest BCUT2D eigenvalue weighted by Crippen LogP contribution is 2.17. The van der Waals surface area contributed by atoms with Gasteiger partial charge in [0.05, 0.1) is 5.56 Å². The van der Waals surface area contributed by atoms with Gasteiger partial charge in [-0.1, -0.05) is 29.8 Å². The minimum Gasteiger partial charge on any atom is -0.457 e. The van der Waals surface area contributed by atoms with Crippen molar-refractivity contribution in [3.63, 3.8) is 0 Å². The molecule has 0 aliphatic heterocycles. The maximum Gasteiger partial charge on any atom is 0.338 e. The van der Waals surface area contributed by atoms with Gasteiger partial charge >= 0.3 is 5.97 Å². The Balaban J connectivity index is 2.08. The second kappa shape index (κ2) is 5.76. The zero-order valence-corrected chi connectivity index (χ0v) is 11.3. The predicted octanol–water partition coefficient (Wildman–Crippen LogP) is 3.59. The van der Waals surface area contributed by atoms with Crippen molar-refractivity contribution in [1.82, 2.24) is 0 Å². The van der Waals surface area contributed by atoms with Crippen LogP contribution < -0.4 is 5.73 Å². The van der Waals surface area contributed by atoms with Gasteiger partial charge in [-0.2, -0.15) is 0 Å². The molecule has 0 radical (unpaired) electrons. The molecule has 0 spiro atoms. The summed E-state index contributed by atoms with van der Waals surface area (Å²) in [6.07, 6.45) is 0. The van der Waals surface area contributed by atoms with Gasteiger partial charge in [0.25, 0.3) is 0 Å². The number of nitrogen functional groups attached to an aromatic ring is 1. The Kier molecular flexibility index (Phi) is 4.07. The molecule has 2 aromatic carbocycles. The summed E-state index contributed by atoms with van der Waals surface area (Å²) in [6.45, 7) is 1.99. The third kappa shape index (κ3) is 3.26. The molecule has 0 aromatic heterocycles. The quantitative estimate of drug-likeness (QED) is 0.688. The summed E-state index contributed by atoms with van der Waals surface area (Å²) >= 11 is 5.87. The lowest BCUT2D eigenvalue weighted by Crippen LogP contribution is -2.08. The molecule has 0 heterocycles. The first-order chi connectivity index (χ1) is 9.08. The van der Waals surface area contributed by atoms with Crippen LogP contribution in [0.25, 0.3) is 0 Å². The number of hydrogen-bond donors (Lipinski definition) is 1. The minimum atomic E-state index is -0.384. The fourth-order valence-electron chi connectivity index (χ4n) is 1.73. The molecule has 19 heavy (non-hydrogen) atoms. The van der Waals surface area contributed by atoms with Gasteiger partial charge in [0.1, 0.15) is 6.61 Å². The van der Waals surface area contributed by atoms with E-state index in [1.54, 1.807) is 37.3 Å². The number of carbonyl (C=O) groups excluding carboxylic acids is 1. The van der Waals surface area contributed by atoms with Crippen LogP contribution in [0.1, 0.15) is 21.5 Å². The van der Waals surface area contributed by atoms with Gasteiger partial charge in [-0.3, -0.25) is 0 Å². The summed E-state index contributed by atoms with van der Waals surface area (Å²) in [5.41, 5.74) is 8.41. The summed E-state index contributed by atoms with van der Waals surface area (Å²) in [4.78, 5) is 12.0. The number of nitrogens with two attached hydrogens (primary N) is 1. The van der Waals surface area contributed by atoms with Crippen LogP contribution in [0.3, 0.4) is 0 Å². The summed E-state index contributed by atoms with van der Waals surface area (Å²) in [6, 6.07) is 12.4. The van der Waals surface area contributed by atoms with Gasteiger partial charge in [0.2, 0.25) is 0 Å². The van der Waals surface area contributed by atoms with Crippen LogP contribution >= 0.6 is 11.6 Å². The molecule has 2 N–H and O–H groups in total. The SMILES string of the molecule is Cc1c(N)cccc1C(=O)OCc1cccc(Cl)c1. The summed E-state index contributed by atoms with van der Waals surface area (Å²) in [5.74, 6) is -0.384. The van der Waals surface area contributed by atoms with Crippen molar-refractivity contribution in [2.75, 3.05) is 5.73 Å². The standard InChI is InChI=1S/C15H14ClNO2/c1-10-13(6-3-7-14(10)17)15(18)19-9-11-4-2-5-12(16)8-11/h2-8H,9,17H2,1H3. The van der Waals surface area contributed by atoms with Gasteiger partial charge in [-0.25, -0.2) is 4.79 Å². The van der Waals surface area contributed by atoms with Gasteiger partial charge in [0.15, 0.2) is 0 Å². The molecular weight excluding hydrogens is 262 g/mol. The highest BCUT2D eigenvalue weighted by Gasteiger charge is 2.12. The fraction of sp³-hybridized carbons (Fsp3) is 0.133. The maximum atomic E-state index is 12.0. The molecule has 0 atom stereocenters. The van der Waals surface area contributed by atoms with Crippen LogP contribution in [0, 0.1) is 6.92 Å². The lowest BCUT2D eigenvalue weighted by molar-refractivity contribution is 0.0472. The van der Waals surface area contributed by atoms with Crippen molar-refractivity contribution in [3.05, 3.63) is 64.2 Å². The molecule has 0 aliphatic rings. The zero-order valence-electron chi connectivity index (χ0n) is 10.5. The number of halogens is 1. The topological polar surface area (TPSA) is 52.3 Å². The summed E-state index contributed by atoms with van der Waals surface area (Å²) < 4.78 is 5.25. The van der Waals surface area contributed by atoms with Crippen molar-refractivity contribution in [1.29, 1.82) is 0 Å². The number of carbonyl (C=O) groups is 1. The molecule has 4 heteroatoms. The van der Waals surface area contributed by atoms with E-state index in [0.717, 1.165) is 11.1 Å². The van der Waals surface area contributed by atoms with E-state index >= 15 is 0 Å². The average Bonchev–Trinajstić information content (AvgIpc) is 2.39. The Morgan fingerprint density at radius 1 is 1.26 bits per heavy atom. The smallest absolute Gasteiger partial charge is 0.338 e. The van der Waals surface area contributed by atoms with E-state index in [9.17, 15) is 4.79 Å². The van der Waals surface area contributed by atoms with E-state index in [-0.39, 0.29) is 12.6 Å². The van der Waals surface area contributed by atoms with Crippen molar-refractivity contribution >= 4 is 23.3 Å². The molecule has 3 nitrogen and oxygen atoms in total. The molecule has 98 valence electrons. The molecule has 0 bridgehead atoms. The maximum absolute atomic E-state index is 12.0. The monoisotopic (exact) mass is 275 g/mol. The average molecular weight is 276 g/mol. The van der Waals surface area contributed by atoms with Crippen LogP contribution in [0.2, 0.25) is 5.02 Å². The molecule has 2 aromatic rings. The molecule has 0 amide bonds. The lowest BCUT2D eigenvalue weighted by atomic mass is 10.1. The van der Waals surface area contributed by atoms with Gasteiger partial charge in [-0.15, -0.1) is 0 Å². The summed E-state index contributed by atoms with van der Waals surface area (Å²) in [7, 11) is 0. The van der Waals surface area contributed by atoms with E-state index in [0.29, 0.717) is 16.3 Å². The number of benzene rings is 2. The van der Waals surface area contributed by atoms with E-state index in [1.807, 2.05) is 12.1 Å². The van der Waals surface area contributed by atoms with E-state index in [2.05, 4.69) is 0 Å². The third-order valence-electron chi connectivity index (χ3n) is 2.85. The number of esters is 1. The Morgan fingerprint density at radius 2 is 2.00 bits per heavy atom. The van der Waals surface area contributed by atoms with Crippen LogP contribution in [0.4, 0.5) is 5.69 Å². The van der Waals surface area contributed by atoms with Crippen LogP contribution in [0.5, 0.6) is 0 Å². The second-order valence-corrected chi connectivity index (χ2v) is 4.66. The first kappa shape index (κ1) is 13.4. The zero-order chi connectivity index (χ0) is 13.8. The Labute approximate surface area is 117 Å². The number of rotatable bonds is 3. The predicted molar refractivity (Wildman–Crippen MR) is 76.2 cm³/mol. The highest BCUT2D eigenvalue weighted by atomic mass is 35.5. The lowest BCUT2D eigenvalue weighted by Gasteiger charge is -2.09. The van der Waals surface area contributed by atoms with Crippen LogP contribution in [-0.2, 0) is 11.3 Å². The Morgan fingerprint density at radius 3 is 2.74 bits per heavy atom.